The van der Waals surface area contributed by atoms with Crippen molar-refractivity contribution in [3.8, 4) is 22.4 Å². The molecule has 0 spiro atoms. The molecule has 0 N–H and O–H groups in total. The highest BCUT2D eigenvalue weighted by atomic mass is 32.1. The number of rotatable bonds is 4. The summed E-state index contributed by atoms with van der Waals surface area (Å²) in [6.45, 7) is 0. The zero-order valence-electron chi connectivity index (χ0n) is 17.6. The number of nitrogens with zero attached hydrogens (tertiary/aromatic N) is 1. The monoisotopic (exact) mass is 419 g/mol. The summed E-state index contributed by atoms with van der Waals surface area (Å²) < 4.78 is 2.68. The Balaban J connectivity index is 1.41. The van der Waals surface area contributed by atoms with Crippen molar-refractivity contribution >= 4 is 31.5 Å². The molecule has 0 unspecified atom stereocenters. The van der Waals surface area contributed by atoms with Gasteiger partial charge < -0.3 is 0 Å². The van der Waals surface area contributed by atoms with E-state index in [4.69, 9.17) is 4.98 Å². The first-order valence-electron chi connectivity index (χ1n) is 11.3. The van der Waals surface area contributed by atoms with Crippen LogP contribution in [0, 0.1) is 5.92 Å². The van der Waals surface area contributed by atoms with E-state index in [9.17, 15) is 0 Å². The van der Waals surface area contributed by atoms with Gasteiger partial charge in [0.15, 0.2) is 0 Å². The lowest BCUT2D eigenvalue weighted by molar-refractivity contribution is 0.546. The number of fused-ring (bicyclic) bond motifs is 3. The van der Waals surface area contributed by atoms with Crippen molar-refractivity contribution in [1.29, 1.82) is 0 Å². The van der Waals surface area contributed by atoms with Crippen LogP contribution in [0.2, 0.25) is 0 Å². The molecule has 1 aliphatic rings. The van der Waals surface area contributed by atoms with Crippen molar-refractivity contribution in [3.05, 3.63) is 90.6 Å². The van der Waals surface area contributed by atoms with E-state index in [1.807, 2.05) is 17.5 Å². The van der Waals surface area contributed by atoms with Crippen LogP contribution in [0.15, 0.2) is 85.1 Å². The minimum atomic E-state index is 0.856. The van der Waals surface area contributed by atoms with Crippen molar-refractivity contribution in [2.75, 3.05) is 0 Å². The van der Waals surface area contributed by atoms with Crippen LogP contribution in [0.5, 0.6) is 0 Å². The van der Waals surface area contributed by atoms with Crippen LogP contribution in [0.3, 0.4) is 0 Å². The van der Waals surface area contributed by atoms with E-state index < -0.39 is 0 Å². The summed E-state index contributed by atoms with van der Waals surface area (Å²) in [5, 5.41) is 2.67. The van der Waals surface area contributed by atoms with E-state index in [2.05, 4.69) is 78.9 Å². The Morgan fingerprint density at radius 2 is 1.42 bits per heavy atom. The number of thiophene rings is 1. The highest BCUT2D eigenvalue weighted by Gasteiger charge is 2.16. The largest absolute Gasteiger partial charge is 0.256 e. The number of hydrogen-bond acceptors (Lipinski definition) is 2. The lowest BCUT2D eigenvalue weighted by Gasteiger charge is -2.10. The minimum absolute atomic E-state index is 0.856. The summed E-state index contributed by atoms with van der Waals surface area (Å²) in [6.07, 6.45) is 8.75. The number of aromatic nitrogens is 1. The maximum absolute atomic E-state index is 4.72. The third-order valence-electron chi connectivity index (χ3n) is 6.70. The molecule has 1 saturated carbocycles. The molecular weight excluding hydrogens is 394 g/mol. The molecule has 3 aromatic carbocycles. The van der Waals surface area contributed by atoms with E-state index in [1.165, 1.54) is 74.5 Å². The van der Waals surface area contributed by atoms with Crippen LogP contribution in [0.25, 0.3) is 42.6 Å². The van der Waals surface area contributed by atoms with E-state index in [0.29, 0.717) is 0 Å². The standard InChI is InChI=1S/C29H25NS/c1-2-8-22(9-3-1)23-10-12-28-25(18-23)26-19-24(11-13-29(26)31-28)27-17-21(14-15-30-27)16-20-6-4-5-7-20/h1-3,8-15,17-20H,4-7,16H2. The van der Waals surface area contributed by atoms with E-state index in [-0.39, 0.29) is 0 Å². The second-order valence-electron chi connectivity index (χ2n) is 8.79. The molecule has 2 heterocycles. The summed E-state index contributed by atoms with van der Waals surface area (Å²) in [7, 11) is 0. The summed E-state index contributed by atoms with van der Waals surface area (Å²) >= 11 is 1.87. The van der Waals surface area contributed by atoms with Crippen LogP contribution < -0.4 is 0 Å². The zero-order valence-corrected chi connectivity index (χ0v) is 18.4. The molecule has 1 fully saturated rings. The van der Waals surface area contributed by atoms with E-state index in [0.717, 1.165) is 11.6 Å². The summed E-state index contributed by atoms with van der Waals surface area (Å²) in [6, 6.07) is 28.8. The molecule has 6 rings (SSSR count). The molecular formula is C29H25NS. The topological polar surface area (TPSA) is 12.9 Å². The van der Waals surface area contributed by atoms with E-state index >= 15 is 0 Å². The molecule has 0 saturated heterocycles. The third-order valence-corrected chi connectivity index (χ3v) is 7.85. The molecule has 2 heteroatoms. The van der Waals surface area contributed by atoms with Gasteiger partial charge in [0.1, 0.15) is 0 Å². The Bertz CT molecular complexity index is 1360. The van der Waals surface area contributed by atoms with Gasteiger partial charge in [0, 0.05) is 31.9 Å². The fourth-order valence-corrected chi connectivity index (χ4v) is 6.12. The summed E-state index contributed by atoms with van der Waals surface area (Å²) in [5.41, 5.74) is 6.27. The number of hydrogen-bond donors (Lipinski definition) is 0. The smallest absolute Gasteiger partial charge is 0.0704 e. The Morgan fingerprint density at radius 1 is 0.710 bits per heavy atom. The lowest BCUT2D eigenvalue weighted by atomic mass is 9.97. The first-order chi connectivity index (χ1) is 15.3. The Labute approximate surface area is 187 Å². The van der Waals surface area contributed by atoms with Gasteiger partial charge >= 0.3 is 0 Å². The molecule has 152 valence electrons. The quantitative estimate of drug-likeness (QED) is 0.284. The maximum Gasteiger partial charge on any atom is 0.0704 e. The fourth-order valence-electron chi connectivity index (χ4n) is 5.05. The SMILES string of the molecule is c1ccc(-c2ccc3sc4ccc(-c5cc(CC6CCCC6)ccn5)cc4c3c2)cc1. The molecule has 31 heavy (non-hydrogen) atoms. The Morgan fingerprint density at radius 3 is 2.19 bits per heavy atom. The van der Waals surface area contributed by atoms with Gasteiger partial charge in [-0.1, -0.05) is 68.1 Å². The maximum atomic E-state index is 4.72. The second-order valence-corrected chi connectivity index (χ2v) is 9.88. The highest BCUT2D eigenvalue weighted by molar-refractivity contribution is 7.25. The molecule has 0 amide bonds. The minimum Gasteiger partial charge on any atom is -0.256 e. The molecule has 0 radical (unpaired) electrons. The van der Waals surface area contributed by atoms with Crippen LogP contribution in [-0.4, -0.2) is 4.98 Å². The van der Waals surface area contributed by atoms with Gasteiger partial charge in [0.25, 0.3) is 0 Å². The summed E-state index contributed by atoms with van der Waals surface area (Å²) in [4.78, 5) is 4.72. The van der Waals surface area contributed by atoms with Crippen LogP contribution in [0.1, 0.15) is 31.2 Å². The molecule has 0 atom stereocenters. The molecule has 0 bridgehead atoms. The predicted octanol–water partition coefficient (Wildman–Crippen LogP) is 8.52. The first kappa shape index (κ1) is 18.8. The van der Waals surface area contributed by atoms with Gasteiger partial charge in [-0.2, -0.15) is 0 Å². The van der Waals surface area contributed by atoms with Crippen LogP contribution >= 0.6 is 11.3 Å². The van der Waals surface area contributed by atoms with Gasteiger partial charge in [-0.3, -0.25) is 4.98 Å². The summed E-state index contributed by atoms with van der Waals surface area (Å²) in [5.74, 6) is 0.856. The molecule has 2 aromatic heterocycles. The molecule has 5 aromatic rings. The number of pyridine rings is 1. The van der Waals surface area contributed by atoms with Crippen molar-refractivity contribution in [3.63, 3.8) is 0 Å². The molecule has 0 aliphatic heterocycles. The average Bonchev–Trinajstić information content (AvgIpc) is 3.46. The highest BCUT2D eigenvalue weighted by Crippen LogP contribution is 2.38. The van der Waals surface area contributed by atoms with E-state index in [1.54, 1.807) is 0 Å². The van der Waals surface area contributed by atoms with Crippen molar-refractivity contribution < 1.29 is 0 Å². The zero-order chi connectivity index (χ0) is 20.6. The average molecular weight is 420 g/mol. The third kappa shape index (κ3) is 3.66. The van der Waals surface area contributed by atoms with Gasteiger partial charge in [-0.25, -0.2) is 0 Å². The van der Waals surface area contributed by atoms with Crippen molar-refractivity contribution in [2.45, 2.75) is 32.1 Å². The van der Waals surface area contributed by atoms with Crippen LogP contribution in [-0.2, 0) is 6.42 Å². The number of benzene rings is 3. The Kier molecular flexibility index (Phi) is 4.81. The van der Waals surface area contributed by atoms with Crippen LogP contribution in [0.4, 0.5) is 0 Å². The van der Waals surface area contributed by atoms with Gasteiger partial charge in [0.05, 0.1) is 5.69 Å². The Hall–Kier alpha value is -2.97. The fraction of sp³-hybridized carbons (Fsp3) is 0.207. The predicted molar refractivity (Wildman–Crippen MR) is 134 cm³/mol. The van der Waals surface area contributed by atoms with Gasteiger partial charge in [0.2, 0.25) is 0 Å². The lowest BCUT2D eigenvalue weighted by Crippen LogP contribution is -1.99. The molecule has 1 nitrogen and oxygen atoms in total. The van der Waals surface area contributed by atoms with Crippen molar-refractivity contribution in [2.24, 2.45) is 5.92 Å². The second kappa shape index (κ2) is 7.94. The normalized spacial score (nSPS) is 14.6. The first-order valence-corrected chi connectivity index (χ1v) is 12.1. The van der Waals surface area contributed by atoms with Gasteiger partial charge in [-0.15, -0.1) is 11.3 Å². The molecule has 1 aliphatic carbocycles. The van der Waals surface area contributed by atoms with Gasteiger partial charge in [-0.05, 0) is 65.4 Å². The van der Waals surface area contributed by atoms with Crippen molar-refractivity contribution in [1.82, 2.24) is 4.98 Å².